The average Bonchev–Trinajstić information content (AvgIpc) is 2.50. The van der Waals surface area contributed by atoms with E-state index in [-0.39, 0.29) is 0 Å². The van der Waals surface area contributed by atoms with Crippen molar-refractivity contribution in [3.8, 4) is 0 Å². The third-order valence-corrected chi connectivity index (χ3v) is 4.87. The molecule has 1 aliphatic rings. The second kappa shape index (κ2) is 6.37. The third kappa shape index (κ3) is 3.42. The van der Waals surface area contributed by atoms with Gasteiger partial charge in [0.25, 0.3) is 0 Å². The fourth-order valence-corrected chi connectivity index (χ4v) is 3.50. The number of aromatic nitrogens is 1. The first kappa shape index (κ1) is 17.2. The van der Waals surface area contributed by atoms with E-state index in [1.54, 1.807) is 24.4 Å². The Bertz CT molecular complexity index is 744. The van der Waals surface area contributed by atoms with Crippen molar-refractivity contribution in [1.82, 2.24) is 9.88 Å². The highest BCUT2D eigenvalue weighted by Gasteiger charge is 2.38. The number of halogens is 4. The maximum Gasteiger partial charge on any atom is 0.401 e. The van der Waals surface area contributed by atoms with Crippen molar-refractivity contribution < 1.29 is 13.2 Å². The number of rotatable bonds is 2. The van der Waals surface area contributed by atoms with Crippen LogP contribution in [0.5, 0.6) is 0 Å². The molecule has 0 saturated heterocycles. The highest BCUT2D eigenvalue weighted by Crippen LogP contribution is 2.38. The number of nitrogen functional groups attached to an aromatic ring is 1. The normalized spacial score (nSPS) is 18.5. The van der Waals surface area contributed by atoms with Crippen LogP contribution in [-0.2, 0) is 6.42 Å². The van der Waals surface area contributed by atoms with Gasteiger partial charge in [0, 0.05) is 22.9 Å². The standard InChI is InChI=1S/C17H17BrF3N3/c1-10-12-6-7-24(9-17(19,20)21)16(13(12)3-4-14(10)22)15-5-2-11(18)8-23-15/h2-5,8,16H,6-7,9,22H2,1H3. The van der Waals surface area contributed by atoms with Crippen molar-refractivity contribution in [3.05, 3.63) is 57.3 Å². The zero-order valence-electron chi connectivity index (χ0n) is 13.1. The first-order chi connectivity index (χ1) is 11.3. The van der Waals surface area contributed by atoms with E-state index in [0.29, 0.717) is 24.3 Å². The van der Waals surface area contributed by atoms with Crippen LogP contribution in [-0.4, -0.2) is 29.1 Å². The van der Waals surface area contributed by atoms with E-state index in [1.165, 1.54) is 4.90 Å². The van der Waals surface area contributed by atoms with Crippen molar-refractivity contribution in [2.45, 2.75) is 25.6 Å². The number of benzene rings is 1. The van der Waals surface area contributed by atoms with Gasteiger partial charge in [-0.05, 0) is 64.2 Å². The minimum Gasteiger partial charge on any atom is -0.399 e. The molecule has 0 amide bonds. The first-order valence-corrected chi connectivity index (χ1v) is 8.35. The number of hydrogen-bond donors (Lipinski definition) is 1. The predicted octanol–water partition coefficient (Wildman–Crippen LogP) is 4.24. The highest BCUT2D eigenvalue weighted by molar-refractivity contribution is 9.10. The molecule has 1 unspecified atom stereocenters. The second-order valence-electron chi connectivity index (χ2n) is 5.99. The molecule has 7 heteroatoms. The summed E-state index contributed by atoms with van der Waals surface area (Å²) in [5.74, 6) is 0. The fourth-order valence-electron chi connectivity index (χ4n) is 3.26. The number of hydrogen-bond acceptors (Lipinski definition) is 3. The Morgan fingerprint density at radius 2 is 2.04 bits per heavy atom. The van der Waals surface area contributed by atoms with Crippen LogP contribution in [0.4, 0.5) is 18.9 Å². The van der Waals surface area contributed by atoms with Crippen LogP contribution in [0.1, 0.15) is 28.4 Å². The number of pyridine rings is 1. The van der Waals surface area contributed by atoms with E-state index in [0.717, 1.165) is 21.2 Å². The smallest absolute Gasteiger partial charge is 0.399 e. The Morgan fingerprint density at radius 1 is 1.29 bits per heavy atom. The van der Waals surface area contributed by atoms with Crippen molar-refractivity contribution in [3.63, 3.8) is 0 Å². The molecule has 3 nitrogen and oxygen atoms in total. The molecule has 24 heavy (non-hydrogen) atoms. The van der Waals surface area contributed by atoms with E-state index in [2.05, 4.69) is 20.9 Å². The molecule has 1 aromatic heterocycles. The second-order valence-corrected chi connectivity index (χ2v) is 6.90. The maximum absolute atomic E-state index is 13.0. The predicted molar refractivity (Wildman–Crippen MR) is 90.7 cm³/mol. The Hall–Kier alpha value is -1.60. The Kier molecular flexibility index (Phi) is 4.57. The molecular formula is C17H17BrF3N3. The minimum atomic E-state index is -4.26. The molecule has 1 aromatic carbocycles. The first-order valence-electron chi connectivity index (χ1n) is 7.56. The van der Waals surface area contributed by atoms with E-state index in [1.807, 2.05) is 13.0 Å². The molecule has 3 rings (SSSR count). The Balaban J connectivity index is 2.10. The molecule has 1 atom stereocenters. The van der Waals surface area contributed by atoms with Crippen LogP contribution in [0.2, 0.25) is 0 Å². The van der Waals surface area contributed by atoms with Crippen LogP contribution in [0.15, 0.2) is 34.9 Å². The summed E-state index contributed by atoms with van der Waals surface area (Å²) in [6.45, 7) is 1.27. The quantitative estimate of drug-likeness (QED) is 0.767. The van der Waals surface area contributed by atoms with Gasteiger partial charge in [-0.25, -0.2) is 0 Å². The van der Waals surface area contributed by atoms with Gasteiger partial charge in [-0.15, -0.1) is 0 Å². The van der Waals surface area contributed by atoms with E-state index in [4.69, 9.17) is 5.73 Å². The topological polar surface area (TPSA) is 42.1 Å². The van der Waals surface area contributed by atoms with Gasteiger partial charge in [-0.3, -0.25) is 9.88 Å². The molecule has 0 saturated carbocycles. The van der Waals surface area contributed by atoms with Gasteiger partial charge >= 0.3 is 6.18 Å². The van der Waals surface area contributed by atoms with Crippen molar-refractivity contribution in [2.75, 3.05) is 18.8 Å². The minimum absolute atomic E-state index is 0.319. The van der Waals surface area contributed by atoms with Crippen LogP contribution >= 0.6 is 15.9 Å². The fraction of sp³-hybridized carbons (Fsp3) is 0.353. The molecule has 0 spiro atoms. The van der Waals surface area contributed by atoms with Gasteiger partial charge in [0.2, 0.25) is 0 Å². The molecule has 0 radical (unpaired) electrons. The molecule has 0 fully saturated rings. The van der Waals surface area contributed by atoms with Crippen LogP contribution in [0.3, 0.4) is 0 Å². The molecule has 2 aromatic rings. The van der Waals surface area contributed by atoms with Gasteiger partial charge in [0.15, 0.2) is 0 Å². The van der Waals surface area contributed by atoms with Crippen molar-refractivity contribution in [2.24, 2.45) is 0 Å². The summed E-state index contributed by atoms with van der Waals surface area (Å²) in [6, 6.07) is 6.62. The number of nitrogens with zero attached hydrogens (tertiary/aromatic N) is 2. The van der Waals surface area contributed by atoms with E-state index < -0.39 is 18.8 Å². The molecule has 1 aliphatic heterocycles. The molecular weight excluding hydrogens is 383 g/mol. The molecule has 0 bridgehead atoms. The lowest BCUT2D eigenvalue weighted by atomic mass is 9.87. The lowest BCUT2D eigenvalue weighted by Gasteiger charge is -2.38. The Labute approximate surface area is 146 Å². The molecule has 2 heterocycles. The number of fused-ring (bicyclic) bond motifs is 1. The van der Waals surface area contributed by atoms with Crippen molar-refractivity contribution in [1.29, 1.82) is 0 Å². The molecule has 0 aliphatic carbocycles. The summed E-state index contributed by atoms with van der Waals surface area (Å²) >= 11 is 3.31. The zero-order valence-corrected chi connectivity index (χ0v) is 14.7. The average molecular weight is 400 g/mol. The summed E-state index contributed by atoms with van der Waals surface area (Å²) in [6.07, 6.45) is -2.09. The third-order valence-electron chi connectivity index (χ3n) is 4.40. The van der Waals surface area contributed by atoms with Crippen LogP contribution < -0.4 is 5.73 Å². The highest BCUT2D eigenvalue weighted by atomic mass is 79.9. The molecule has 128 valence electrons. The van der Waals surface area contributed by atoms with Crippen LogP contribution in [0.25, 0.3) is 0 Å². The largest absolute Gasteiger partial charge is 0.401 e. The van der Waals surface area contributed by atoms with E-state index in [9.17, 15) is 13.2 Å². The van der Waals surface area contributed by atoms with Gasteiger partial charge < -0.3 is 5.73 Å². The Morgan fingerprint density at radius 3 is 2.67 bits per heavy atom. The van der Waals surface area contributed by atoms with E-state index >= 15 is 0 Å². The summed E-state index contributed by atoms with van der Waals surface area (Å²) in [5, 5.41) is 0. The lowest BCUT2D eigenvalue weighted by molar-refractivity contribution is -0.150. The van der Waals surface area contributed by atoms with Crippen LogP contribution in [0, 0.1) is 6.92 Å². The maximum atomic E-state index is 13.0. The van der Waals surface area contributed by atoms with Gasteiger partial charge in [-0.1, -0.05) is 6.07 Å². The molecule has 2 N–H and O–H groups in total. The monoisotopic (exact) mass is 399 g/mol. The summed E-state index contributed by atoms with van der Waals surface area (Å²) in [4.78, 5) is 5.78. The van der Waals surface area contributed by atoms with Gasteiger partial charge in [-0.2, -0.15) is 13.2 Å². The lowest BCUT2D eigenvalue weighted by Crippen LogP contribution is -2.42. The summed E-state index contributed by atoms with van der Waals surface area (Å²) in [7, 11) is 0. The van der Waals surface area contributed by atoms with Gasteiger partial charge in [0.1, 0.15) is 0 Å². The number of alkyl halides is 3. The number of anilines is 1. The SMILES string of the molecule is Cc1c(N)ccc2c1CCN(CC(F)(F)F)C2c1ccc(Br)cn1. The number of nitrogens with two attached hydrogens (primary N) is 1. The summed E-state index contributed by atoms with van der Waals surface area (Å²) in [5.41, 5.74) is 10.1. The van der Waals surface area contributed by atoms with Crippen molar-refractivity contribution >= 4 is 21.6 Å². The summed E-state index contributed by atoms with van der Waals surface area (Å²) < 4.78 is 39.9. The van der Waals surface area contributed by atoms with Gasteiger partial charge in [0.05, 0.1) is 18.3 Å². The zero-order chi connectivity index (χ0) is 17.5.